The van der Waals surface area contributed by atoms with Gasteiger partial charge in [0.2, 0.25) is 0 Å². The van der Waals surface area contributed by atoms with Crippen LogP contribution in [0.25, 0.3) is 11.1 Å². The molecule has 1 atom stereocenters. The van der Waals surface area contributed by atoms with Gasteiger partial charge in [-0.15, -0.1) is 0 Å². The van der Waals surface area contributed by atoms with Crippen LogP contribution < -0.4 is 5.32 Å². The molecule has 0 amide bonds. The predicted molar refractivity (Wildman–Crippen MR) is 93.1 cm³/mol. The van der Waals surface area contributed by atoms with Crippen LogP contribution in [0.5, 0.6) is 0 Å². The third-order valence-electron chi connectivity index (χ3n) is 4.01. The highest BCUT2D eigenvalue weighted by molar-refractivity contribution is 6.33. The van der Waals surface area contributed by atoms with Gasteiger partial charge >= 0.3 is 0 Å². The van der Waals surface area contributed by atoms with Crippen molar-refractivity contribution in [3.63, 3.8) is 0 Å². The second-order valence-electron chi connectivity index (χ2n) is 5.71. The first-order valence-corrected chi connectivity index (χ1v) is 8.01. The van der Waals surface area contributed by atoms with E-state index >= 15 is 0 Å². The van der Waals surface area contributed by atoms with Gasteiger partial charge < -0.3 is 5.32 Å². The largest absolute Gasteiger partial charge is 0.310 e. The van der Waals surface area contributed by atoms with Gasteiger partial charge in [-0.2, -0.15) is 0 Å². The average molecular weight is 302 g/mol. The fourth-order valence-corrected chi connectivity index (χ4v) is 2.76. The summed E-state index contributed by atoms with van der Waals surface area (Å²) in [6.07, 6.45) is 1.15. The lowest BCUT2D eigenvalue weighted by Gasteiger charge is -2.15. The summed E-state index contributed by atoms with van der Waals surface area (Å²) in [6, 6.07) is 13.3. The average Bonchev–Trinajstić information content (AvgIpc) is 2.48. The molecule has 0 aliphatic rings. The monoisotopic (exact) mass is 301 g/mol. The Morgan fingerprint density at radius 3 is 2.29 bits per heavy atom. The van der Waals surface area contributed by atoms with Gasteiger partial charge in [0.05, 0.1) is 0 Å². The van der Waals surface area contributed by atoms with E-state index in [0.29, 0.717) is 6.04 Å². The Morgan fingerprint density at radius 1 is 1.05 bits per heavy atom. The molecule has 0 spiro atoms. The molecule has 1 N–H and O–H groups in total. The lowest BCUT2D eigenvalue weighted by molar-refractivity contribution is 0.571. The summed E-state index contributed by atoms with van der Waals surface area (Å²) in [5, 5.41) is 4.33. The van der Waals surface area contributed by atoms with Crippen molar-refractivity contribution in [2.24, 2.45) is 0 Å². The molecule has 1 nitrogen and oxygen atoms in total. The summed E-state index contributed by atoms with van der Waals surface area (Å²) in [7, 11) is 0. The highest BCUT2D eigenvalue weighted by Gasteiger charge is 2.08. The number of benzene rings is 2. The molecular weight excluding hydrogens is 278 g/mol. The summed E-state index contributed by atoms with van der Waals surface area (Å²) < 4.78 is 0. The lowest BCUT2D eigenvalue weighted by atomic mass is 9.98. The third-order valence-corrected chi connectivity index (χ3v) is 4.32. The van der Waals surface area contributed by atoms with Crippen LogP contribution >= 0.6 is 11.6 Å². The smallest absolute Gasteiger partial charge is 0.0487 e. The number of nitrogens with one attached hydrogen (secondary N) is 1. The zero-order chi connectivity index (χ0) is 15.4. The van der Waals surface area contributed by atoms with Gasteiger partial charge in [0, 0.05) is 16.6 Å². The first-order valence-electron chi connectivity index (χ1n) is 7.63. The maximum atomic E-state index is 6.39. The Labute approximate surface area is 133 Å². The van der Waals surface area contributed by atoms with E-state index in [1.54, 1.807) is 0 Å². The predicted octanol–water partition coefficient (Wildman–Crippen LogP) is 5.68. The van der Waals surface area contributed by atoms with Crippen LogP contribution in [0, 0.1) is 13.8 Å². The normalized spacial score (nSPS) is 12.4. The van der Waals surface area contributed by atoms with Crippen LogP contribution in [0.1, 0.15) is 43.0 Å². The summed E-state index contributed by atoms with van der Waals surface area (Å²) in [5.74, 6) is 0. The van der Waals surface area contributed by atoms with Crippen LogP contribution in [-0.2, 0) is 0 Å². The van der Waals surface area contributed by atoms with Crippen LogP contribution in [0.4, 0.5) is 0 Å². The van der Waals surface area contributed by atoms with Crippen molar-refractivity contribution in [1.29, 1.82) is 0 Å². The van der Waals surface area contributed by atoms with Crippen molar-refractivity contribution in [1.82, 2.24) is 5.32 Å². The fraction of sp³-hybridized carbons (Fsp3) is 0.368. The molecule has 0 radical (unpaired) electrons. The molecule has 0 aliphatic carbocycles. The molecule has 0 saturated carbocycles. The van der Waals surface area contributed by atoms with Crippen LogP contribution in [0.2, 0.25) is 5.02 Å². The van der Waals surface area contributed by atoms with Gasteiger partial charge in [0.25, 0.3) is 0 Å². The molecule has 0 aromatic heterocycles. The molecule has 0 saturated heterocycles. The van der Waals surface area contributed by atoms with Crippen LogP contribution in [0.3, 0.4) is 0 Å². The van der Waals surface area contributed by atoms with E-state index in [1.807, 2.05) is 6.07 Å². The number of hydrogen-bond donors (Lipinski definition) is 1. The van der Waals surface area contributed by atoms with Gasteiger partial charge in [-0.3, -0.25) is 0 Å². The molecule has 2 heteroatoms. The topological polar surface area (TPSA) is 12.0 Å². The number of hydrogen-bond acceptors (Lipinski definition) is 1. The standard InChI is InChI=1S/C19H24ClN/c1-5-10-21-15(4)16-6-8-17(9-7-16)18-11-13(2)14(3)12-19(18)20/h6-9,11-12,15,21H,5,10H2,1-4H3. The third kappa shape index (κ3) is 3.87. The Hall–Kier alpha value is -1.31. The molecule has 2 rings (SSSR count). The zero-order valence-corrected chi connectivity index (χ0v) is 14.1. The summed E-state index contributed by atoms with van der Waals surface area (Å²) in [4.78, 5) is 0. The van der Waals surface area contributed by atoms with Gasteiger partial charge in [-0.1, -0.05) is 42.8 Å². The minimum Gasteiger partial charge on any atom is -0.310 e. The summed E-state index contributed by atoms with van der Waals surface area (Å²) >= 11 is 6.39. The molecule has 2 aromatic rings. The Kier molecular flexibility index (Phi) is 5.44. The Morgan fingerprint density at radius 2 is 1.67 bits per heavy atom. The molecule has 0 aliphatic heterocycles. The van der Waals surface area contributed by atoms with Gasteiger partial charge in [0.15, 0.2) is 0 Å². The fourth-order valence-electron chi connectivity index (χ4n) is 2.43. The van der Waals surface area contributed by atoms with E-state index in [0.717, 1.165) is 23.6 Å². The first kappa shape index (κ1) is 16.1. The highest BCUT2D eigenvalue weighted by Crippen LogP contribution is 2.31. The highest BCUT2D eigenvalue weighted by atomic mass is 35.5. The lowest BCUT2D eigenvalue weighted by Crippen LogP contribution is -2.19. The van der Waals surface area contributed by atoms with Crippen molar-refractivity contribution in [3.05, 3.63) is 58.1 Å². The maximum absolute atomic E-state index is 6.39. The van der Waals surface area contributed by atoms with Gasteiger partial charge in [0.1, 0.15) is 0 Å². The number of halogens is 1. The van der Waals surface area contributed by atoms with Crippen LogP contribution in [-0.4, -0.2) is 6.54 Å². The molecule has 0 fully saturated rings. The molecule has 0 bridgehead atoms. The molecule has 0 heterocycles. The van der Waals surface area contributed by atoms with Crippen molar-refractivity contribution < 1.29 is 0 Å². The molecular formula is C19H24ClN. The Balaban J connectivity index is 2.25. The maximum Gasteiger partial charge on any atom is 0.0487 e. The first-order chi connectivity index (χ1) is 10.0. The van der Waals surface area contributed by atoms with Crippen molar-refractivity contribution in [2.75, 3.05) is 6.54 Å². The van der Waals surface area contributed by atoms with Crippen molar-refractivity contribution >= 4 is 11.6 Å². The van der Waals surface area contributed by atoms with E-state index in [1.165, 1.54) is 22.3 Å². The molecule has 21 heavy (non-hydrogen) atoms. The van der Waals surface area contributed by atoms with Gasteiger partial charge in [-0.05, 0) is 68.1 Å². The van der Waals surface area contributed by atoms with Crippen molar-refractivity contribution in [2.45, 2.75) is 40.2 Å². The minimum absolute atomic E-state index is 0.384. The molecule has 2 aromatic carbocycles. The second-order valence-corrected chi connectivity index (χ2v) is 6.12. The van der Waals surface area contributed by atoms with E-state index < -0.39 is 0 Å². The van der Waals surface area contributed by atoms with E-state index in [9.17, 15) is 0 Å². The second kappa shape index (κ2) is 7.11. The Bertz CT molecular complexity index is 602. The quantitative estimate of drug-likeness (QED) is 0.748. The SMILES string of the molecule is CCCNC(C)c1ccc(-c2cc(C)c(C)cc2Cl)cc1. The van der Waals surface area contributed by atoms with E-state index in [-0.39, 0.29) is 0 Å². The van der Waals surface area contributed by atoms with E-state index in [4.69, 9.17) is 11.6 Å². The van der Waals surface area contributed by atoms with Crippen LogP contribution in [0.15, 0.2) is 36.4 Å². The zero-order valence-electron chi connectivity index (χ0n) is 13.3. The number of rotatable bonds is 5. The van der Waals surface area contributed by atoms with Gasteiger partial charge in [-0.25, -0.2) is 0 Å². The molecule has 1 unspecified atom stereocenters. The summed E-state index contributed by atoms with van der Waals surface area (Å²) in [6.45, 7) is 9.65. The van der Waals surface area contributed by atoms with E-state index in [2.05, 4.69) is 63.3 Å². The molecule has 112 valence electrons. The number of aryl methyl sites for hydroxylation is 2. The minimum atomic E-state index is 0.384. The van der Waals surface area contributed by atoms with Crippen molar-refractivity contribution in [3.8, 4) is 11.1 Å². The summed E-state index contributed by atoms with van der Waals surface area (Å²) in [5.41, 5.74) is 6.11.